The van der Waals surface area contributed by atoms with Crippen molar-refractivity contribution in [3.05, 3.63) is 48.3 Å². The van der Waals surface area contributed by atoms with Crippen molar-refractivity contribution in [2.24, 2.45) is 0 Å². The predicted molar refractivity (Wildman–Crippen MR) is 87.0 cm³/mol. The number of nitrogens with zero attached hydrogens (tertiary/aromatic N) is 2. The monoisotopic (exact) mass is 285 g/mol. The molecule has 0 spiro atoms. The average Bonchev–Trinajstić information content (AvgIpc) is 2.78. The molecule has 2 aromatic rings. The van der Waals surface area contributed by atoms with Crippen LogP contribution in [-0.2, 0) is 24.3 Å². The average molecular weight is 285 g/mol. The standard InChI is InChI=1S/C17H23N3O/c1-4-7-15-19-16(17(18)20(15)10-5-2)14-9-6-8-13(11-14)12-21-3/h5-6,8-9,11H,2,4,7,10,12,18H2,1,3H3. The number of methoxy groups -OCH3 is 1. The summed E-state index contributed by atoms with van der Waals surface area (Å²) in [6, 6.07) is 8.16. The lowest BCUT2D eigenvalue weighted by molar-refractivity contribution is 0.185. The van der Waals surface area contributed by atoms with E-state index in [9.17, 15) is 0 Å². The minimum atomic E-state index is 0.586. The van der Waals surface area contributed by atoms with Crippen molar-refractivity contribution in [2.75, 3.05) is 12.8 Å². The molecular formula is C17H23N3O. The third kappa shape index (κ3) is 3.34. The molecule has 0 atom stereocenters. The first-order valence-electron chi connectivity index (χ1n) is 7.25. The molecule has 0 fully saturated rings. The SMILES string of the molecule is C=CCn1c(CCC)nc(-c2cccc(COC)c2)c1N. The Hall–Kier alpha value is -2.07. The van der Waals surface area contributed by atoms with Gasteiger partial charge >= 0.3 is 0 Å². The Bertz CT molecular complexity index is 616. The highest BCUT2D eigenvalue weighted by molar-refractivity contribution is 5.71. The quantitative estimate of drug-likeness (QED) is 0.793. The van der Waals surface area contributed by atoms with Crippen LogP contribution >= 0.6 is 0 Å². The van der Waals surface area contributed by atoms with Crippen LogP contribution in [0.3, 0.4) is 0 Å². The van der Waals surface area contributed by atoms with Gasteiger partial charge in [0, 0.05) is 25.6 Å². The molecule has 0 bridgehead atoms. The first-order valence-corrected chi connectivity index (χ1v) is 7.25. The number of nitrogens with two attached hydrogens (primary N) is 1. The van der Waals surface area contributed by atoms with Crippen LogP contribution in [0.5, 0.6) is 0 Å². The van der Waals surface area contributed by atoms with Gasteiger partial charge in [-0.05, 0) is 18.1 Å². The summed E-state index contributed by atoms with van der Waals surface area (Å²) in [6.07, 6.45) is 3.80. The first-order chi connectivity index (χ1) is 10.2. The van der Waals surface area contributed by atoms with Crippen LogP contribution in [-0.4, -0.2) is 16.7 Å². The van der Waals surface area contributed by atoms with Gasteiger partial charge in [0.1, 0.15) is 17.3 Å². The Balaban J connectivity index is 2.45. The lowest BCUT2D eigenvalue weighted by atomic mass is 10.1. The molecule has 2 N–H and O–H groups in total. The molecular weight excluding hydrogens is 262 g/mol. The normalized spacial score (nSPS) is 10.8. The van der Waals surface area contributed by atoms with E-state index >= 15 is 0 Å². The number of ether oxygens (including phenoxy) is 1. The van der Waals surface area contributed by atoms with Crippen LogP contribution in [0.4, 0.5) is 5.82 Å². The molecule has 0 aliphatic heterocycles. The Morgan fingerprint density at radius 3 is 2.90 bits per heavy atom. The van der Waals surface area contributed by atoms with Gasteiger partial charge in [0.15, 0.2) is 0 Å². The van der Waals surface area contributed by atoms with Gasteiger partial charge in [0.2, 0.25) is 0 Å². The topological polar surface area (TPSA) is 53.1 Å². The zero-order chi connectivity index (χ0) is 15.2. The summed E-state index contributed by atoms with van der Waals surface area (Å²) >= 11 is 0. The molecule has 0 radical (unpaired) electrons. The van der Waals surface area contributed by atoms with Crippen LogP contribution < -0.4 is 5.73 Å². The van der Waals surface area contributed by atoms with E-state index in [1.807, 2.05) is 28.8 Å². The summed E-state index contributed by atoms with van der Waals surface area (Å²) in [5.41, 5.74) is 9.29. The van der Waals surface area contributed by atoms with Crippen molar-refractivity contribution in [3.8, 4) is 11.3 Å². The summed E-state index contributed by atoms with van der Waals surface area (Å²) in [5, 5.41) is 0. The van der Waals surface area contributed by atoms with Gasteiger partial charge in [-0.3, -0.25) is 0 Å². The number of aryl methyl sites for hydroxylation is 1. The third-order valence-electron chi connectivity index (χ3n) is 3.38. The van der Waals surface area contributed by atoms with Crippen molar-refractivity contribution in [1.29, 1.82) is 0 Å². The number of hydrogen-bond acceptors (Lipinski definition) is 3. The van der Waals surface area contributed by atoms with E-state index < -0.39 is 0 Å². The van der Waals surface area contributed by atoms with E-state index in [1.165, 1.54) is 0 Å². The summed E-state index contributed by atoms with van der Waals surface area (Å²) in [5.74, 6) is 1.72. The number of anilines is 1. The van der Waals surface area contributed by atoms with E-state index in [1.54, 1.807) is 7.11 Å². The highest BCUT2D eigenvalue weighted by Crippen LogP contribution is 2.28. The Morgan fingerprint density at radius 1 is 1.43 bits per heavy atom. The van der Waals surface area contributed by atoms with Gasteiger partial charge in [-0.2, -0.15) is 0 Å². The minimum absolute atomic E-state index is 0.586. The molecule has 0 aliphatic carbocycles. The first kappa shape index (κ1) is 15.3. The molecule has 0 amide bonds. The highest BCUT2D eigenvalue weighted by Gasteiger charge is 2.15. The van der Waals surface area contributed by atoms with Crippen molar-refractivity contribution < 1.29 is 4.74 Å². The smallest absolute Gasteiger partial charge is 0.132 e. The number of aromatic nitrogens is 2. The molecule has 2 rings (SSSR count). The second kappa shape index (κ2) is 7.09. The minimum Gasteiger partial charge on any atom is -0.383 e. The molecule has 1 aromatic carbocycles. The molecule has 21 heavy (non-hydrogen) atoms. The second-order valence-electron chi connectivity index (χ2n) is 5.04. The summed E-state index contributed by atoms with van der Waals surface area (Å²) in [6.45, 7) is 7.21. The molecule has 4 nitrogen and oxygen atoms in total. The maximum absolute atomic E-state index is 6.30. The lowest BCUT2D eigenvalue weighted by Gasteiger charge is -2.06. The van der Waals surface area contributed by atoms with Crippen LogP contribution in [0.25, 0.3) is 11.3 Å². The fourth-order valence-corrected chi connectivity index (χ4v) is 2.45. The van der Waals surface area contributed by atoms with Crippen LogP contribution in [0.2, 0.25) is 0 Å². The molecule has 0 unspecified atom stereocenters. The molecule has 0 saturated heterocycles. The molecule has 4 heteroatoms. The molecule has 1 aromatic heterocycles. The van der Waals surface area contributed by atoms with Crippen molar-refractivity contribution in [2.45, 2.75) is 32.9 Å². The number of allylic oxidation sites excluding steroid dienone is 1. The maximum atomic E-state index is 6.30. The van der Waals surface area contributed by atoms with Crippen molar-refractivity contribution in [3.63, 3.8) is 0 Å². The number of imidazole rings is 1. The van der Waals surface area contributed by atoms with Gasteiger partial charge in [-0.1, -0.05) is 31.2 Å². The third-order valence-corrected chi connectivity index (χ3v) is 3.38. The predicted octanol–water partition coefficient (Wildman–Crippen LogP) is 3.42. The van der Waals surface area contributed by atoms with E-state index in [4.69, 9.17) is 15.5 Å². The number of rotatable bonds is 7. The van der Waals surface area contributed by atoms with E-state index in [0.29, 0.717) is 19.0 Å². The fourth-order valence-electron chi connectivity index (χ4n) is 2.45. The summed E-state index contributed by atoms with van der Waals surface area (Å²) in [4.78, 5) is 4.74. The Kier molecular flexibility index (Phi) is 5.17. The number of benzene rings is 1. The van der Waals surface area contributed by atoms with Crippen molar-refractivity contribution >= 4 is 5.82 Å². The van der Waals surface area contributed by atoms with Gasteiger partial charge < -0.3 is 15.0 Å². The summed E-state index contributed by atoms with van der Waals surface area (Å²) < 4.78 is 7.22. The largest absolute Gasteiger partial charge is 0.383 e. The zero-order valence-corrected chi connectivity index (χ0v) is 12.8. The van der Waals surface area contributed by atoms with Gasteiger partial charge in [-0.15, -0.1) is 6.58 Å². The molecule has 1 heterocycles. The van der Waals surface area contributed by atoms with E-state index in [2.05, 4.69) is 19.6 Å². The molecule has 112 valence electrons. The van der Waals surface area contributed by atoms with Crippen LogP contribution in [0, 0.1) is 0 Å². The Labute approximate surface area is 126 Å². The van der Waals surface area contributed by atoms with E-state index in [-0.39, 0.29) is 0 Å². The summed E-state index contributed by atoms with van der Waals surface area (Å²) in [7, 11) is 1.69. The van der Waals surface area contributed by atoms with Crippen molar-refractivity contribution in [1.82, 2.24) is 9.55 Å². The fraction of sp³-hybridized carbons (Fsp3) is 0.353. The van der Waals surface area contributed by atoms with Crippen LogP contribution in [0.1, 0.15) is 24.7 Å². The number of hydrogen-bond donors (Lipinski definition) is 1. The molecule has 0 aliphatic rings. The van der Waals surface area contributed by atoms with Gasteiger partial charge in [0.25, 0.3) is 0 Å². The highest BCUT2D eigenvalue weighted by atomic mass is 16.5. The maximum Gasteiger partial charge on any atom is 0.132 e. The molecule has 0 saturated carbocycles. The lowest BCUT2D eigenvalue weighted by Crippen LogP contribution is -2.05. The second-order valence-corrected chi connectivity index (χ2v) is 5.04. The van der Waals surface area contributed by atoms with Gasteiger partial charge in [0.05, 0.1) is 6.61 Å². The number of nitrogen functional groups attached to an aromatic ring is 1. The van der Waals surface area contributed by atoms with E-state index in [0.717, 1.165) is 35.5 Å². The Morgan fingerprint density at radius 2 is 2.24 bits per heavy atom. The van der Waals surface area contributed by atoms with Gasteiger partial charge in [-0.25, -0.2) is 4.98 Å². The van der Waals surface area contributed by atoms with Crippen LogP contribution in [0.15, 0.2) is 36.9 Å². The zero-order valence-electron chi connectivity index (χ0n) is 12.8.